The SMILES string of the molecule is O=C(O)[C@@H]1CCCN1C(=O)C1C2CCc3ccccc3C21. The van der Waals surface area contributed by atoms with Gasteiger partial charge in [-0.2, -0.15) is 0 Å². The molecule has 3 unspecified atom stereocenters. The van der Waals surface area contributed by atoms with Crippen LogP contribution in [0.3, 0.4) is 0 Å². The monoisotopic (exact) mass is 285 g/mol. The molecule has 4 atom stereocenters. The lowest BCUT2D eigenvalue weighted by molar-refractivity contribution is -0.148. The van der Waals surface area contributed by atoms with Crippen molar-refractivity contribution in [1.82, 2.24) is 4.90 Å². The van der Waals surface area contributed by atoms with Crippen molar-refractivity contribution in [3.63, 3.8) is 0 Å². The lowest BCUT2D eigenvalue weighted by atomic mass is 9.92. The summed E-state index contributed by atoms with van der Waals surface area (Å²) in [5.74, 6) is 0.00464. The number of carbonyl (C=O) groups is 2. The molecule has 4 heteroatoms. The average Bonchev–Trinajstić information content (AvgIpc) is 3.02. The lowest BCUT2D eigenvalue weighted by Gasteiger charge is -2.21. The molecule has 4 rings (SSSR count). The third-order valence-electron chi connectivity index (χ3n) is 5.44. The molecular weight excluding hydrogens is 266 g/mol. The third-order valence-corrected chi connectivity index (χ3v) is 5.44. The van der Waals surface area contributed by atoms with Crippen molar-refractivity contribution in [3.8, 4) is 0 Å². The molecule has 0 aromatic heterocycles. The molecule has 1 heterocycles. The Morgan fingerprint density at radius 1 is 1.19 bits per heavy atom. The second kappa shape index (κ2) is 4.58. The van der Waals surface area contributed by atoms with Gasteiger partial charge < -0.3 is 10.0 Å². The van der Waals surface area contributed by atoms with Crippen LogP contribution in [0.2, 0.25) is 0 Å². The molecule has 0 radical (unpaired) electrons. The van der Waals surface area contributed by atoms with Gasteiger partial charge in [0.25, 0.3) is 0 Å². The number of hydrogen-bond acceptors (Lipinski definition) is 2. The van der Waals surface area contributed by atoms with Gasteiger partial charge in [0.2, 0.25) is 5.91 Å². The summed E-state index contributed by atoms with van der Waals surface area (Å²) in [4.78, 5) is 25.7. The zero-order chi connectivity index (χ0) is 14.6. The Morgan fingerprint density at radius 2 is 2.00 bits per heavy atom. The quantitative estimate of drug-likeness (QED) is 0.904. The largest absolute Gasteiger partial charge is 0.480 e. The fourth-order valence-electron chi connectivity index (χ4n) is 4.38. The molecule has 4 nitrogen and oxygen atoms in total. The molecule has 1 aromatic carbocycles. The van der Waals surface area contributed by atoms with Crippen LogP contribution in [0.15, 0.2) is 24.3 Å². The van der Waals surface area contributed by atoms with E-state index < -0.39 is 12.0 Å². The number of rotatable bonds is 2. The molecule has 1 amide bonds. The smallest absolute Gasteiger partial charge is 0.326 e. The highest BCUT2D eigenvalue weighted by molar-refractivity contribution is 5.89. The Kier molecular flexibility index (Phi) is 2.81. The number of likely N-dealkylation sites (tertiary alicyclic amines) is 1. The summed E-state index contributed by atoms with van der Waals surface area (Å²) < 4.78 is 0. The Labute approximate surface area is 123 Å². The van der Waals surface area contributed by atoms with Crippen LogP contribution in [0.5, 0.6) is 0 Å². The predicted molar refractivity (Wildman–Crippen MR) is 76.9 cm³/mol. The van der Waals surface area contributed by atoms with Gasteiger partial charge in [-0.3, -0.25) is 4.79 Å². The van der Waals surface area contributed by atoms with E-state index in [1.165, 1.54) is 11.1 Å². The van der Waals surface area contributed by atoms with E-state index in [2.05, 4.69) is 18.2 Å². The van der Waals surface area contributed by atoms with Crippen molar-refractivity contribution in [2.24, 2.45) is 11.8 Å². The van der Waals surface area contributed by atoms with Crippen LogP contribution in [0.25, 0.3) is 0 Å². The van der Waals surface area contributed by atoms with Crippen LogP contribution in [0.1, 0.15) is 36.3 Å². The van der Waals surface area contributed by atoms with Crippen molar-refractivity contribution in [1.29, 1.82) is 0 Å². The number of carboxylic acid groups (broad SMARTS) is 1. The highest BCUT2D eigenvalue weighted by Crippen LogP contribution is 2.60. The Balaban J connectivity index is 1.57. The van der Waals surface area contributed by atoms with Crippen molar-refractivity contribution >= 4 is 11.9 Å². The maximum absolute atomic E-state index is 12.8. The van der Waals surface area contributed by atoms with Crippen LogP contribution in [0, 0.1) is 11.8 Å². The Bertz CT molecular complexity index is 612. The minimum absolute atomic E-state index is 0.0219. The second-order valence-corrected chi connectivity index (χ2v) is 6.48. The maximum atomic E-state index is 12.8. The molecule has 1 N–H and O–H groups in total. The molecule has 110 valence electrons. The van der Waals surface area contributed by atoms with E-state index in [1.807, 2.05) is 6.07 Å². The first kappa shape index (κ1) is 12.9. The summed E-state index contributed by atoms with van der Waals surface area (Å²) in [5.41, 5.74) is 2.68. The Hall–Kier alpha value is -1.84. The fourth-order valence-corrected chi connectivity index (χ4v) is 4.38. The number of carbonyl (C=O) groups excluding carboxylic acids is 1. The number of nitrogens with zero attached hydrogens (tertiary/aromatic N) is 1. The highest BCUT2D eigenvalue weighted by Gasteiger charge is 2.59. The van der Waals surface area contributed by atoms with Crippen LogP contribution in [0.4, 0.5) is 0 Å². The van der Waals surface area contributed by atoms with Gasteiger partial charge in [-0.05, 0) is 48.6 Å². The Morgan fingerprint density at radius 3 is 2.81 bits per heavy atom. The molecule has 1 aliphatic heterocycles. The van der Waals surface area contributed by atoms with Crippen LogP contribution in [-0.4, -0.2) is 34.5 Å². The van der Waals surface area contributed by atoms with E-state index in [4.69, 9.17) is 0 Å². The minimum atomic E-state index is -0.857. The van der Waals surface area contributed by atoms with Crippen molar-refractivity contribution in [2.75, 3.05) is 6.54 Å². The van der Waals surface area contributed by atoms with Crippen molar-refractivity contribution < 1.29 is 14.7 Å². The number of carboxylic acids is 1. The molecule has 21 heavy (non-hydrogen) atoms. The first-order valence-electron chi connectivity index (χ1n) is 7.79. The molecule has 2 aliphatic carbocycles. The molecule has 1 saturated carbocycles. The number of amides is 1. The van der Waals surface area contributed by atoms with Crippen LogP contribution >= 0.6 is 0 Å². The van der Waals surface area contributed by atoms with E-state index in [0.29, 0.717) is 24.8 Å². The van der Waals surface area contributed by atoms with Gasteiger partial charge in [0.15, 0.2) is 0 Å². The van der Waals surface area contributed by atoms with E-state index >= 15 is 0 Å². The summed E-state index contributed by atoms with van der Waals surface area (Å²) >= 11 is 0. The van der Waals surface area contributed by atoms with Crippen LogP contribution < -0.4 is 0 Å². The van der Waals surface area contributed by atoms with E-state index in [0.717, 1.165) is 19.3 Å². The molecule has 1 aromatic rings. The number of benzene rings is 1. The number of fused-ring (bicyclic) bond motifs is 3. The second-order valence-electron chi connectivity index (χ2n) is 6.48. The molecule has 1 saturated heterocycles. The number of aliphatic carboxylic acids is 1. The first-order chi connectivity index (χ1) is 10.2. The summed E-state index contributed by atoms with van der Waals surface area (Å²) in [6, 6.07) is 7.78. The summed E-state index contributed by atoms with van der Waals surface area (Å²) in [6.45, 7) is 0.605. The van der Waals surface area contributed by atoms with Gasteiger partial charge in [-0.1, -0.05) is 24.3 Å². The number of aryl methyl sites for hydroxylation is 1. The lowest BCUT2D eigenvalue weighted by Crippen LogP contribution is -2.41. The maximum Gasteiger partial charge on any atom is 0.326 e. The van der Waals surface area contributed by atoms with Gasteiger partial charge in [-0.15, -0.1) is 0 Å². The van der Waals surface area contributed by atoms with Gasteiger partial charge in [0.1, 0.15) is 6.04 Å². The standard InChI is InChI=1S/C17H19NO3/c19-16(18-9-3-6-13(18)17(20)21)15-12-8-7-10-4-1-2-5-11(10)14(12)15/h1-2,4-5,12-15H,3,6-9H2,(H,20,21)/t12?,13-,14?,15?/m0/s1. The van der Waals surface area contributed by atoms with E-state index in [9.17, 15) is 14.7 Å². The topological polar surface area (TPSA) is 57.6 Å². The fraction of sp³-hybridized carbons (Fsp3) is 0.529. The summed E-state index contributed by atoms with van der Waals surface area (Å²) in [6.07, 6.45) is 3.51. The zero-order valence-electron chi connectivity index (χ0n) is 11.9. The molecular formula is C17H19NO3. The zero-order valence-corrected chi connectivity index (χ0v) is 11.9. The summed E-state index contributed by atoms with van der Waals surface area (Å²) in [7, 11) is 0. The van der Waals surface area contributed by atoms with Crippen molar-refractivity contribution in [2.45, 2.75) is 37.6 Å². The highest BCUT2D eigenvalue weighted by atomic mass is 16.4. The van der Waals surface area contributed by atoms with Crippen molar-refractivity contribution in [3.05, 3.63) is 35.4 Å². The average molecular weight is 285 g/mol. The predicted octanol–water partition coefficient (Wildman–Crippen LogP) is 2.04. The normalized spacial score (nSPS) is 33.2. The van der Waals surface area contributed by atoms with Gasteiger partial charge >= 0.3 is 5.97 Å². The molecule has 3 aliphatic rings. The van der Waals surface area contributed by atoms with E-state index in [-0.39, 0.29) is 11.8 Å². The first-order valence-corrected chi connectivity index (χ1v) is 7.79. The van der Waals surface area contributed by atoms with E-state index in [1.54, 1.807) is 4.90 Å². The van der Waals surface area contributed by atoms with Crippen LogP contribution in [-0.2, 0) is 16.0 Å². The molecule has 0 bridgehead atoms. The van der Waals surface area contributed by atoms with Gasteiger partial charge in [0, 0.05) is 12.5 Å². The van der Waals surface area contributed by atoms with Gasteiger partial charge in [-0.25, -0.2) is 4.79 Å². The molecule has 2 fully saturated rings. The molecule has 0 spiro atoms. The summed E-state index contributed by atoms with van der Waals surface area (Å²) in [5, 5.41) is 9.26. The minimum Gasteiger partial charge on any atom is -0.480 e. The third kappa shape index (κ3) is 1.88. The van der Waals surface area contributed by atoms with Gasteiger partial charge in [0.05, 0.1) is 0 Å². The number of hydrogen-bond donors (Lipinski definition) is 1.